The van der Waals surface area contributed by atoms with E-state index in [9.17, 15) is 106 Å². The van der Waals surface area contributed by atoms with Crippen molar-refractivity contribution in [1.29, 1.82) is 0 Å². The number of carbonyl (C=O) groups excluding carboxylic acids is 1. The van der Waals surface area contributed by atoms with Crippen molar-refractivity contribution in [2.75, 3.05) is 6.61 Å². The second kappa shape index (κ2) is 10.7. The molecule has 0 aliphatic heterocycles. The number of hydrogen-bond acceptors (Lipinski definition) is 5. The van der Waals surface area contributed by atoms with Crippen LogP contribution in [0.25, 0.3) is 0 Å². The summed E-state index contributed by atoms with van der Waals surface area (Å²) in [4.78, 5) is 11.0. The van der Waals surface area contributed by atoms with Crippen molar-refractivity contribution in [3.8, 4) is 0 Å². The van der Waals surface area contributed by atoms with E-state index < -0.39 is 79.1 Å². The van der Waals surface area contributed by atoms with Crippen LogP contribution in [0.1, 0.15) is 6.92 Å². The monoisotopic (exact) mass is 690 g/mol. The highest BCUT2D eigenvalue weighted by atomic mass is 19.4. The second-order valence-electron chi connectivity index (χ2n) is 6.93. The van der Waals surface area contributed by atoms with Crippen molar-refractivity contribution in [2.24, 2.45) is 0 Å². The van der Waals surface area contributed by atoms with Crippen LogP contribution in [0.4, 0.5) is 101 Å². The summed E-state index contributed by atoms with van der Waals surface area (Å²) in [6, 6.07) is 0. The van der Waals surface area contributed by atoms with E-state index in [1.54, 1.807) is 4.74 Å². The third kappa shape index (κ3) is 6.62. The fourth-order valence-electron chi connectivity index (χ4n) is 1.96. The van der Waals surface area contributed by atoms with Gasteiger partial charge in [-0.25, -0.2) is 4.79 Å². The lowest BCUT2D eigenvalue weighted by Crippen LogP contribution is -2.71. The Bertz CT molecular complexity index is 947. The van der Waals surface area contributed by atoms with Gasteiger partial charge in [-0.2, -0.15) is 101 Å². The van der Waals surface area contributed by atoms with Gasteiger partial charge in [0.05, 0.1) is 6.61 Å². The summed E-state index contributed by atoms with van der Waals surface area (Å²) in [5, 5.41) is 0. The number of carbonyl (C=O) groups is 1. The van der Waals surface area contributed by atoms with Crippen LogP contribution in [0.5, 0.6) is 0 Å². The molecule has 0 aromatic rings. The van der Waals surface area contributed by atoms with Crippen LogP contribution in [0.15, 0.2) is 0 Å². The van der Waals surface area contributed by atoms with Gasteiger partial charge in [0.25, 0.3) is 0 Å². The van der Waals surface area contributed by atoms with Gasteiger partial charge in [-0.15, -0.1) is 0 Å². The summed E-state index contributed by atoms with van der Waals surface area (Å²) in [5.41, 5.74) is 0. The van der Waals surface area contributed by atoms with Crippen molar-refractivity contribution >= 4 is 5.97 Å². The van der Waals surface area contributed by atoms with E-state index in [1.165, 1.54) is 0 Å². The molecule has 28 heteroatoms. The predicted octanol–water partition coefficient (Wildman–Crippen LogP) is 7.26. The molecule has 0 saturated heterocycles. The Labute approximate surface area is 212 Å². The fourth-order valence-corrected chi connectivity index (χ4v) is 1.96. The smallest absolute Gasteiger partial charge is 0.460 e. The standard InChI is InChI=1S/C14H5F23O5/c1-2-39-3(38)4(15,8(19,20)21)40-13(34,35)7(18,12(31,32)33)42-14(36,37)6(17,11(28,29)30)41-5(16,9(22,23)24)10(25,26)27/h2H2,1H3/t4-,6+,7+/m0/s1. The van der Waals surface area contributed by atoms with Crippen molar-refractivity contribution in [1.82, 2.24) is 0 Å². The number of rotatable bonds is 10. The Morgan fingerprint density at radius 1 is 0.429 bits per heavy atom. The minimum atomic E-state index is -8.81. The van der Waals surface area contributed by atoms with E-state index in [4.69, 9.17) is 0 Å². The molecule has 0 aromatic heterocycles. The molecule has 5 nitrogen and oxygen atoms in total. The third-order valence-corrected chi connectivity index (χ3v) is 3.93. The SMILES string of the molecule is CCOC(=O)[C@](F)(OC(F)(F)[C@](F)(OC(F)(F)[C@](F)(OC(F)(C(F)(F)F)C(F)(F)F)C(F)(F)F)C(F)(F)F)C(F)(F)F. The first-order chi connectivity index (χ1) is 17.9. The molecule has 252 valence electrons. The van der Waals surface area contributed by atoms with Gasteiger partial charge in [-0.3, -0.25) is 14.2 Å². The molecule has 0 unspecified atom stereocenters. The lowest BCUT2D eigenvalue weighted by Gasteiger charge is -2.43. The van der Waals surface area contributed by atoms with Crippen LogP contribution in [-0.4, -0.2) is 79.1 Å². The van der Waals surface area contributed by atoms with Crippen LogP contribution in [0.3, 0.4) is 0 Å². The van der Waals surface area contributed by atoms with Crippen LogP contribution >= 0.6 is 0 Å². The first-order valence-corrected chi connectivity index (χ1v) is 8.98. The number of ether oxygens (including phenoxy) is 4. The van der Waals surface area contributed by atoms with Crippen molar-refractivity contribution in [3.63, 3.8) is 0 Å². The summed E-state index contributed by atoms with van der Waals surface area (Å²) < 4.78 is 309. The number of alkyl halides is 23. The maximum atomic E-state index is 14.2. The van der Waals surface area contributed by atoms with Gasteiger partial charge in [-0.05, 0) is 6.92 Å². The first-order valence-electron chi connectivity index (χ1n) is 8.98. The quantitative estimate of drug-likeness (QED) is 0.179. The van der Waals surface area contributed by atoms with E-state index in [2.05, 4.69) is 4.74 Å². The highest BCUT2D eigenvalue weighted by Crippen LogP contribution is 2.59. The molecule has 0 aliphatic rings. The van der Waals surface area contributed by atoms with E-state index >= 15 is 0 Å². The van der Waals surface area contributed by atoms with Gasteiger partial charge >= 0.3 is 72.5 Å². The summed E-state index contributed by atoms with van der Waals surface area (Å²) in [7, 11) is 0. The highest BCUT2D eigenvalue weighted by molar-refractivity contribution is 5.78. The molecule has 0 saturated carbocycles. The lowest BCUT2D eigenvalue weighted by atomic mass is 10.2. The van der Waals surface area contributed by atoms with Crippen LogP contribution < -0.4 is 0 Å². The molecule has 3 atom stereocenters. The molecule has 0 fully saturated rings. The average molecular weight is 690 g/mol. The zero-order chi connectivity index (χ0) is 34.6. The molecular weight excluding hydrogens is 685 g/mol. The molecule has 0 heterocycles. The van der Waals surface area contributed by atoms with Crippen molar-refractivity contribution in [2.45, 2.75) is 73.4 Å². The summed E-state index contributed by atoms with van der Waals surface area (Å²) in [6.07, 6.45) is -57.8. The maximum Gasteiger partial charge on any atom is 0.460 e. The normalized spacial score (nSPS) is 19.5. The molecule has 0 rings (SSSR count). The molecule has 0 spiro atoms. The van der Waals surface area contributed by atoms with E-state index in [0.29, 0.717) is 6.92 Å². The highest BCUT2D eigenvalue weighted by Gasteiger charge is 2.89. The third-order valence-electron chi connectivity index (χ3n) is 3.93. The van der Waals surface area contributed by atoms with Gasteiger partial charge in [-0.1, -0.05) is 0 Å². The average Bonchev–Trinajstić information content (AvgIpc) is 2.68. The largest absolute Gasteiger partial charge is 0.462 e. The first kappa shape index (κ1) is 39.7. The molecule has 0 bridgehead atoms. The van der Waals surface area contributed by atoms with Crippen molar-refractivity contribution < 1.29 is 125 Å². The van der Waals surface area contributed by atoms with Gasteiger partial charge in [0, 0.05) is 0 Å². The molecule has 0 radical (unpaired) electrons. The Hall–Kier alpha value is -2.26. The van der Waals surface area contributed by atoms with E-state index in [1.807, 2.05) is 0 Å². The predicted molar refractivity (Wildman–Crippen MR) is 75.4 cm³/mol. The van der Waals surface area contributed by atoms with Crippen LogP contribution in [0.2, 0.25) is 0 Å². The summed E-state index contributed by atoms with van der Waals surface area (Å²) in [6.45, 7) is -1.11. The minimum Gasteiger partial charge on any atom is -0.462 e. The Balaban J connectivity index is 7.42. The van der Waals surface area contributed by atoms with E-state index in [0.717, 1.165) is 9.47 Å². The number of halogens is 23. The molecule has 0 N–H and O–H groups in total. The van der Waals surface area contributed by atoms with Crippen LogP contribution in [-0.2, 0) is 23.7 Å². The van der Waals surface area contributed by atoms with Gasteiger partial charge in [0.15, 0.2) is 0 Å². The topological polar surface area (TPSA) is 54.0 Å². The summed E-state index contributed by atoms with van der Waals surface area (Å²) in [5.74, 6) is -36.8. The lowest BCUT2D eigenvalue weighted by molar-refractivity contribution is -0.579. The van der Waals surface area contributed by atoms with Crippen molar-refractivity contribution in [3.05, 3.63) is 0 Å². The van der Waals surface area contributed by atoms with E-state index in [-0.39, 0.29) is 0 Å². The molecule has 0 aromatic carbocycles. The Kier molecular flexibility index (Phi) is 10.1. The molecule has 0 aliphatic carbocycles. The minimum absolute atomic E-state index is 0.413. The Morgan fingerprint density at radius 2 is 0.714 bits per heavy atom. The Morgan fingerprint density at radius 3 is 0.976 bits per heavy atom. The number of hydrogen-bond donors (Lipinski definition) is 0. The van der Waals surface area contributed by atoms with Gasteiger partial charge in [0.2, 0.25) is 0 Å². The maximum absolute atomic E-state index is 14.2. The molecule has 42 heavy (non-hydrogen) atoms. The van der Waals surface area contributed by atoms with Crippen LogP contribution in [0, 0.1) is 0 Å². The zero-order valence-electron chi connectivity index (χ0n) is 18.4. The summed E-state index contributed by atoms with van der Waals surface area (Å²) >= 11 is 0. The molecule has 0 amide bonds. The van der Waals surface area contributed by atoms with Gasteiger partial charge in [0.1, 0.15) is 0 Å². The second-order valence-corrected chi connectivity index (χ2v) is 6.93. The molecular formula is C14H5F23O5. The fraction of sp³-hybridized carbons (Fsp3) is 0.929. The van der Waals surface area contributed by atoms with Gasteiger partial charge < -0.3 is 4.74 Å². The number of esters is 1. The zero-order valence-corrected chi connectivity index (χ0v) is 18.4.